The summed E-state index contributed by atoms with van der Waals surface area (Å²) in [5, 5.41) is 9.20. The molecule has 1 atom stereocenters. The molecular weight excluding hydrogens is 308 g/mol. The highest BCUT2D eigenvalue weighted by molar-refractivity contribution is 6.22. The Labute approximate surface area is 137 Å². The minimum atomic E-state index is -1.22. The first-order valence-electron chi connectivity index (χ1n) is 7.51. The predicted molar refractivity (Wildman–Crippen MR) is 88.7 cm³/mol. The molecule has 7 nitrogen and oxygen atoms in total. The van der Waals surface area contributed by atoms with Gasteiger partial charge in [0.15, 0.2) is 5.78 Å². The van der Waals surface area contributed by atoms with Gasteiger partial charge in [-0.3, -0.25) is 4.79 Å². The third kappa shape index (κ3) is 1.25. The number of nitrogens with two attached hydrogens (primary N) is 4. The number of aromatic carboxylic acids is 1. The Bertz CT molecular complexity index is 984. The topological polar surface area (TPSA) is 158 Å². The highest BCUT2D eigenvalue weighted by Gasteiger charge is 2.71. The van der Waals surface area contributed by atoms with Gasteiger partial charge in [-0.25, -0.2) is 4.79 Å². The number of hydrogen-bond acceptors (Lipinski definition) is 6. The zero-order chi connectivity index (χ0) is 17.5. The minimum absolute atomic E-state index is 0.0154. The van der Waals surface area contributed by atoms with Gasteiger partial charge in [0.1, 0.15) is 0 Å². The number of carboxylic acids is 1. The summed E-state index contributed by atoms with van der Waals surface area (Å²) in [7, 11) is 0. The first-order valence-corrected chi connectivity index (χ1v) is 7.51. The smallest absolute Gasteiger partial charge is 0.337 e. The highest BCUT2D eigenvalue weighted by Crippen LogP contribution is 2.79. The summed E-state index contributed by atoms with van der Waals surface area (Å²) < 4.78 is 0. The molecule has 0 spiro atoms. The molecule has 1 fully saturated rings. The lowest BCUT2D eigenvalue weighted by Gasteiger charge is -2.25. The Hall–Kier alpha value is -3.22. The van der Waals surface area contributed by atoms with Crippen molar-refractivity contribution in [2.45, 2.75) is 13.3 Å². The van der Waals surface area contributed by atoms with E-state index in [1.54, 1.807) is 0 Å². The zero-order valence-electron chi connectivity index (χ0n) is 12.9. The molecule has 0 amide bonds. The van der Waals surface area contributed by atoms with Gasteiger partial charge in [0.25, 0.3) is 0 Å². The van der Waals surface area contributed by atoms with Crippen molar-refractivity contribution in [3.05, 3.63) is 56.9 Å². The maximum absolute atomic E-state index is 13.1. The standard InChI is InChI=1S/C17H16N4O3/c1-2-17-9-8(13(20)11(17)14(21)10(9)17)15(22)7-6(18)4-3-5(12(7)19)16(23)24/h3-4H,2,18-21H2,1H3,(H,23,24). The van der Waals surface area contributed by atoms with Gasteiger partial charge in [-0.2, -0.15) is 0 Å². The number of hydrogen-bond donors (Lipinski definition) is 5. The molecule has 24 heavy (non-hydrogen) atoms. The summed E-state index contributed by atoms with van der Waals surface area (Å²) in [5.41, 5.74) is 27.5. The molecule has 1 aromatic rings. The molecule has 7 heteroatoms. The number of ketones is 1. The molecule has 0 heterocycles. The predicted octanol–water partition coefficient (Wildman–Crippen LogP) is 0.891. The third-order valence-corrected chi connectivity index (χ3v) is 5.29. The second-order valence-corrected chi connectivity index (χ2v) is 6.21. The lowest BCUT2D eigenvalue weighted by atomic mass is 9.80. The minimum Gasteiger partial charge on any atom is -0.478 e. The molecule has 0 aromatic heterocycles. The average molecular weight is 324 g/mol. The molecule has 0 saturated heterocycles. The number of rotatable bonds is 4. The number of carbonyl (C=O) groups is 2. The van der Waals surface area contributed by atoms with E-state index in [9.17, 15) is 14.7 Å². The lowest BCUT2D eigenvalue weighted by Crippen LogP contribution is -2.25. The SMILES string of the molecule is CCC12C3=C(N)C(C(=O)c4c(N)ccc(C(=O)O)c4N)=C1C2=C3N. The van der Waals surface area contributed by atoms with Crippen molar-refractivity contribution >= 4 is 23.1 Å². The number of carbonyl (C=O) groups excluding carboxylic acids is 1. The Balaban J connectivity index is 1.90. The van der Waals surface area contributed by atoms with Crippen molar-refractivity contribution in [2.75, 3.05) is 11.5 Å². The van der Waals surface area contributed by atoms with Crippen molar-refractivity contribution in [3.8, 4) is 0 Å². The van der Waals surface area contributed by atoms with Gasteiger partial charge < -0.3 is 28.0 Å². The molecular formula is C17H16N4O3. The van der Waals surface area contributed by atoms with Gasteiger partial charge in [-0.15, -0.1) is 0 Å². The number of fused-ring (bicyclic) bond motifs is 1. The fraction of sp³-hybridized carbons (Fsp3) is 0.176. The maximum Gasteiger partial charge on any atom is 0.337 e. The van der Waals surface area contributed by atoms with Crippen molar-refractivity contribution in [2.24, 2.45) is 16.9 Å². The molecule has 0 aliphatic heterocycles. The molecule has 4 rings (SSSR count). The summed E-state index contributed by atoms with van der Waals surface area (Å²) >= 11 is 0. The Morgan fingerprint density at radius 2 is 1.71 bits per heavy atom. The normalized spacial score (nSPS) is 23.4. The second-order valence-electron chi connectivity index (χ2n) is 6.21. The fourth-order valence-corrected chi connectivity index (χ4v) is 4.17. The molecule has 3 aliphatic rings. The van der Waals surface area contributed by atoms with Crippen LogP contribution in [0.2, 0.25) is 0 Å². The number of anilines is 2. The highest BCUT2D eigenvalue weighted by atomic mass is 16.4. The summed E-state index contributed by atoms with van der Waals surface area (Å²) in [4.78, 5) is 24.3. The maximum atomic E-state index is 13.1. The molecule has 122 valence electrons. The molecule has 0 radical (unpaired) electrons. The van der Waals surface area contributed by atoms with Crippen molar-refractivity contribution in [3.63, 3.8) is 0 Å². The van der Waals surface area contributed by atoms with Crippen molar-refractivity contribution < 1.29 is 14.7 Å². The average Bonchev–Trinajstić information content (AvgIpc) is 3.01. The van der Waals surface area contributed by atoms with Gasteiger partial charge in [-0.05, 0) is 29.7 Å². The first kappa shape index (κ1) is 14.4. The molecule has 1 saturated carbocycles. The lowest BCUT2D eigenvalue weighted by molar-refractivity contribution is 0.0698. The van der Waals surface area contributed by atoms with Crippen LogP contribution in [-0.4, -0.2) is 16.9 Å². The Morgan fingerprint density at radius 1 is 1.04 bits per heavy atom. The molecule has 1 unspecified atom stereocenters. The van der Waals surface area contributed by atoms with Crippen LogP contribution in [0, 0.1) is 5.41 Å². The van der Waals surface area contributed by atoms with E-state index in [2.05, 4.69) is 0 Å². The summed E-state index contributed by atoms with van der Waals surface area (Å²) in [5.74, 6) is -1.67. The van der Waals surface area contributed by atoms with Crippen LogP contribution in [-0.2, 0) is 0 Å². The zero-order valence-corrected chi connectivity index (χ0v) is 12.9. The van der Waals surface area contributed by atoms with E-state index in [-0.39, 0.29) is 27.9 Å². The van der Waals surface area contributed by atoms with E-state index in [0.29, 0.717) is 17.0 Å². The van der Waals surface area contributed by atoms with Crippen molar-refractivity contribution in [1.82, 2.24) is 0 Å². The van der Waals surface area contributed by atoms with Crippen LogP contribution >= 0.6 is 0 Å². The van der Waals surface area contributed by atoms with E-state index in [1.807, 2.05) is 6.92 Å². The van der Waals surface area contributed by atoms with E-state index < -0.39 is 11.8 Å². The molecule has 3 aliphatic carbocycles. The number of allylic oxidation sites excluding steroid dienone is 4. The van der Waals surface area contributed by atoms with Crippen LogP contribution < -0.4 is 22.9 Å². The van der Waals surface area contributed by atoms with E-state index >= 15 is 0 Å². The Kier molecular flexibility index (Phi) is 2.39. The summed E-state index contributed by atoms with van der Waals surface area (Å²) in [6, 6.07) is 2.65. The summed E-state index contributed by atoms with van der Waals surface area (Å²) in [6.45, 7) is 2.01. The van der Waals surface area contributed by atoms with Crippen LogP contribution in [0.3, 0.4) is 0 Å². The van der Waals surface area contributed by atoms with Gasteiger partial charge in [-0.1, -0.05) is 6.92 Å². The van der Waals surface area contributed by atoms with Gasteiger partial charge in [0.05, 0.1) is 27.8 Å². The third-order valence-electron chi connectivity index (χ3n) is 5.29. The molecule has 1 aromatic carbocycles. The second kappa shape index (κ2) is 4.00. The van der Waals surface area contributed by atoms with Gasteiger partial charge in [0, 0.05) is 22.7 Å². The van der Waals surface area contributed by atoms with Crippen LogP contribution in [0.1, 0.15) is 34.1 Å². The molecule has 9 N–H and O–H groups in total. The van der Waals surface area contributed by atoms with E-state index in [4.69, 9.17) is 22.9 Å². The van der Waals surface area contributed by atoms with Crippen LogP contribution in [0.4, 0.5) is 11.4 Å². The van der Waals surface area contributed by atoms with Crippen LogP contribution in [0.25, 0.3) is 0 Å². The van der Waals surface area contributed by atoms with Gasteiger partial charge in [0.2, 0.25) is 0 Å². The van der Waals surface area contributed by atoms with Gasteiger partial charge >= 0.3 is 5.97 Å². The number of Topliss-reactive ketones (excluding diaryl/α,β-unsaturated/α-hetero) is 1. The fourth-order valence-electron chi connectivity index (χ4n) is 4.17. The molecule has 0 bridgehead atoms. The van der Waals surface area contributed by atoms with E-state index in [1.165, 1.54) is 12.1 Å². The van der Waals surface area contributed by atoms with E-state index in [0.717, 1.165) is 23.1 Å². The monoisotopic (exact) mass is 324 g/mol. The van der Waals surface area contributed by atoms with Crippen molar-refractivity contribution in [1.29, 1.82) is 0 Å². The quantitative estimate of drug-likeness (QED) is 0.406. The largest absolute Gasteiger partial charge is 0.478 e. The Morgan fingerprint density at radius 3 is 2.25 bits per heavy atom. The van der Waals surface area contributed by atoms with Crippen LogP contribution in [0.5, 0.6) is 0 Å². The number of carboxylic acid groups (broad SMARTS) is 1. The number of benzene rings is 1. The summed E-state index contributed by atoms with van der Waals surface area (Å²) in [6.07, 6.45) is 0.783. The van der Waals surface area contributed by atoms with Crippen LogP contribution in [0.15, 0.2) is 45.8 Å². The first-order chi connectivity index (χ1) is 11.3. The number of nitrogen functional groups attached to an aromatic ring is 2.